The quantitative estimate of drug-likeness (QED) is 0.631. The van der Waals surface area contributed by atoms with Gasteiger partial charge in [0.15, 0.2) is 0 Å². The number of benzene rings is 1. The monoisotopic (exact) mass is 424 g/mol. The first-order valence-corrected chi connectivity index (χ1v) is 10.9. The number of aromatic nitrogens is 1. The van der Waals surface area contributed by atoms with Gasteiger partial charge in [0, 0.05) is 24.4 Å². The Labute approximate surface area is 165 Å². The molecule has 2 heterocycles. The lowest BCUT2D eigenvalue weighted by atomic mass is 9.98. The summed E-state index contributed by atoms with van der Waals surface area (Å²) in [5.74, 6) is -3.71. The molecule has 28 heavy (non-hydrogen) atoms. The van der Waals surface area contributed by atoms with Crippen molar-refractivity contribution in [3.8, 4) is 10.6 Å². The summed E-state index contributed by atoms with van der Waals surface area (Å²) in [5, 5.41) is 3.62. The molecular weight excluding hydrogens is 406 g/mol. The summed E-state index contributed by atoms with van der Waals surface area (Å²) in [7, 11) is -3.72. The van der Waals surface area contributed by atoms with Gasteiger partial charge in [-0.2, -0.15) is 8.78 Å². The van der Waals surface area contributed by atoms with Gasteiger partial charge >= 0.3 is 5.92 Å². The highest BCUT2D eigenvalue weighted by Gasteiger charge is 2.53. The summed E-state index contributed by atoms with van der Waals surface area (Å²) in [4.78, 5) is 0.446. The third kappa shape index (κ3) is 3.49. The lowest BCUT2D eigenvalue weighted by Gasteiger charge is -2.12. The van der Waals surface area contributed by atoms with Crippen molar-refractivity contribution in [2.75, 3.05) is 0 Å². The minimum atomic E-state index is -3.72. The third-order valence-electron chi connectivity index (χ3n) is 5.01. The summed E-state index contributed by atoms with van der Waals surface area (Å²) in [5.41, 5.74) is 1.04. The van der Waals surface area contributed by atoms with E-state index in [0.29, 0.717) is 18.2 Å². The van der Waals surface area contributed by atoms with Crippen LogP contribution in [0.15, 0.2) is 57.3 Å². The minimum absolute atomic E-state index is 0.109. The van der Waals surface area contributed by atoms with E-state index >= 15 is 0 Å². The second-order valence-electron chi connectivity index (χ2n) is 7.24. The maximum Gasteiger partial charge on any atom is 0.304 e. The largest absolute Gasteiger partial charge is 0.354 e. The number of thiophene rings is 1. The number of nitrogens with one attached hydrogen (secondary N) is 1. The molecule has 2 atom stereocenters. The Hall–Kier alpha value is -2.10. The van der Waals surface area contributed by atoms with Crippen LogP contribution >= 0.6 is 11.3 Å². The average molecular weight is 424 g/mol. The number of hydrogen-bond acceptors (Lipinski definition) is 5. The second kappa shape index (κ2) is 6.47. The molecule has 0 aliphatic heterocycles. The topological polar surface area (TPSA) is 72.2 Å². The molecule has 1 aliphatic rings. The Morgan fingerprint density at radius 1 is 1.25 bits per heavy atom. The summed E-state index contributed by atoms with van der Waals surface area (Å²) < 4.78 is 59.6. The highest BCUT2D eigenvalue weighted by molar-refractivity contribution is 7.91. The van der Waals surface area contributed by atoms with Gasteiger partial charge in [0.2, 0.25) is 15.8 Å². The highest BCUT2D eigenvalue weighted by atomic mass is 32.2. The first-order chi connectivity index (χ1) is 13.1. The molecule has 1 aromatic carbocycles. The molecule has 0 bridgehead atoms. The Bertz CT molecular complexity index is 1100. The molecule has 148 valence electrons. The third-order valence-corrected chi connectivity index (χ3v) is 8.08. The second-order valence-corrected chi connectivity index (χ2v) is 10.3. The average Bonchev–Trinajstić information content (AvgIpc) is 3.08. The zero-order chi connectivity index (χ0) is 20.2. The normalized spacial score (nSPS) is 22.4. The molecule has 0 saturated heterocycles. The van der Waals surface area contributed by atoms with Crippen molar-refractivity contribution < 1.29 is 21.7 Å². The molecule has 0 amide bonds. The maximum atomic E-state index is 13.3. The summed E-state index contributed by atoms with van der Waals surface area (Å²) in [6.07, 6.45) is 0.715. The maximum absolute atomic E-state index is 13.3. The van der Waals surface area contributed by atoms with Gasteiger partial charge in [-0.25, -0.2) is 13.1 Å². The highest BCUT2D eigenvalue weighted by Crippen LogP contribution is 2.48. The summed E-state index contributed by atoms with van der Waals surface area (Å²) in [6, 6.07) is 13.7. The number of hydrogen-bond donors (Lipinski definition) is 1. The zero-order valence-corrected chi connectivity index (χ0v) is 16.8. The van der Waals surface area contributed by atoms with Gasteiger partial charge < -0.3 is 4.52 Å². The first kappa shape index (κ1) is 19.2. The SMILES string of the molecule is CC(F)(F)c1cc(-c2ccc(S(=O)(=O)N[C@H]3C[C@]3(C)c3ccccc3)s2)no1. The van der Waals surface area contributed by atoms with Crippen molar-refractivity contribution in [1.82, 2.24) is 9.88 Å². The van der Waals surface area contributed by atoms with E-state index in [2.05, 4.69) is 14.4 Å². The van der Waals surface area contributed by atoms with E-state index in [1.54, 1.807) is 0 Å². The molecule has 0 unspecified atom stereocenters. The van der Waals surface area contributed by atoms with E-state index in [-0.39, 0.29) is 21.4 Å². The molecule has 4 rings (SSSR count). The number of alkyl halides is 2. The lowest BCUT2D eigenvalue weighted by Crippen LogP contribution is -2.29. The van der Waals surface area contributed by atoms with Crippen molar-refractivity contribution in [2.24, 2.45) is 0 Å². The number of sulfonamides is 1. The fourth-order valence-corrected chi connectivity index (χ4v) is 5.74. The number of nitrogens with zero attached hydrogens (tertiary/aromatic N) is 1. The van der Waals surface area contributed by atoms with E-state index in [0.717, 1.165) is 23.0 Å². The predicted molar refractivity (Wildman–Crippen MR) is 102 cm³/mol. The lowest BCUT2D eigenvalue weighted by molar-refractivity contribution is -0.0105. The first-order valence-electron chi connectivity index (χ1n) is 8.63. The van der Waals surface area contributed by atoms with Crippen LogP contribution in [-0.2, 0) is 21.4 Å². The molecule has 5 nitrogen and oxygen atoms in total. The van der Waals surface area contributed by atoms with Gasteiger partial charge in [-0.05, 0) is 24.1 Å². The van der Waals surface area contributed by atoms with Gasteiger partial charge in [-0.3, -0.25) is 0 Å². The van der Waals surface area contributed by atoms with Crippen molar-refractivity contribution in [3.05, 3.63) is 59.9 Å². The van der Waals surface area contributed by atoms with Gasteiger partial charge in [0.05, 0.1) is 4.88 Å². The minimum Gasteiger partial charge on any atom is -0.354 e. The molecule has 9 heteroatoms. The van der Waals surface area contributed by atoms with E-state index < -0.39 is 21.7 Å². The van der Waals surface area contributed by atoms with Gasteiger partial charge in [-0.1, -0.05) is 42.4 Å². The zero-order valence-electron chi connectivity index (χ0n) is 15.1. The standard InChI is InChI=1S/C19H18F2N2O3S2/c1-18(12-6-4-3-5-7-12)11-15(18)23-28(24,25)17-9-8-14(27-17)13-10-16(26-22-13)19(2,20)21/h3-10,15,23H,11H2,1-2H3/t15-,18+/m0/s1. The fraction of sp³-hybridized carbons (Fsp3) is 0.316. The van der Waals surface area contributed by atoms with Crippen LogP contribution < -0.4 is 4.72 Å². The van der Waals surface area contributed by atoms with Crippen LogP contribution in [0.4, 0.5) is 8.78 Å². The van der Waals surface area contributed by atoms with Gasteiger partial charge in [-0.15, -0.1) is 11.3 Å². The van der Waals surface area contributed by atoms with E-state index in [1.807, 2.05) is 37.3 Å². The predicted octanol–water partition coefficient (Wildman–Crippen LogP) is 4.52. The molecule has 0 radical (unpaired) electrons. The van der Waals surface area contributed by atoms with Crippen LogP contribution in [0.5, 0.6) is 0 Å². The molecular formula is C19H18F2N2O3S2. The van der Waals surface area contributed by atoms with E-state index in [9.17, 15) is 17.2 Å². The Balaban J connectivity index is 1.52. The van der Waals surface area contributed by atoms with Crippen molar-refractivity contribution in [1.29, 1.82) is 0 Å². The Kier molecular flexibility index (Phi) is 4.44. The van der Waals surface area contributed by atoms with Gasteiger partial charge in [0.1, 0.15) is 9.90 Å². The van der Waals surface area contributed by atoms with Crippen molar-refractivity contribution in [2.45, 2.75) is 41.9 Å². The van der Waals surface area contributed by atoms with Crippen molar-refractivity contribution in [3.63, 3.8) is 0 Å². The number of halogens is 2. The summed E-state index contributed by atoms with van der Waals surface area (Å²) >= 11 is 0.965. The molecule has 1 fully saturated rings. The van der Waals surface area contributed by atoms with Crippen molar-refractivity contribution >= 4 is 21.4 Å². The molecule has 1 N–H and O–H groups in total. The molecule has 0 spiro atoms. The van der Waals surface area contributed by atoms with Crippen LogP contribution in [0.1, 0.15) is 31.6 Å². The van der Waals surface area contributed by atoms with Crippen LogP contribution in [0.25, 0.3) is 10.6 Å². The van der Waals surface area contributed by atoms with E-state index in [1.165, 1.54) is 12.1 Å². The van der Waals surface area contributed by atoms with Crippen LogP contribution in [0.2, 0.25) is 0 Å². The fourth-order valence-electron chi connectivity index (χ4n) is 3.12. The van der Waals surface area contributed by atoms with Crippen LogP contribution in [0, 0.1) is 0 Å². The van der Waals surface area contributed by atoms with Crippen LogP contribution in [0.3, 0.4) is 0 Å². The molecule has 3 aromatic rings. The van der Waals surface area contributed by atoms with Crippen LogP contribution in [-0.4, -0.2) is 19.6 Å². The van der Waals surface area contributed by atoms with E-state index in [4.69, 9.17) is 0 Å². The smallest absolute Gasteiger partial charge is 0.304 e. The Morgan fingerprint density at radius 3 is 2.61 bits per heavy atom. The Morgan fingerprint density at radius 2 is 1.96 bits per heavy atom. The molecule has 1 aliphatic carbocycles. The summed E-state index contributed by atoms with van der Waals surface area (Å²) in [6.45, 7) is 2.74. The molecule has 2 aromatic heterocycles. The van der Waals surface area contributed by atoms with Gasteiger partial charge in [0.25, 0.3) is 0 Å². The molecule has 1 saturated carbocycles. The number of rotatable bonds is 6.